The molecule has 1 saturated heterocycles. The highest BCUT2D eigenvalue weighted by molar-refractivity contribution is 5.86. The van der Waals surface area contributed by atoms with Crippen molar-refractivity contribution in [1.82, 2.24) is 5.32 Å². The fourth-order valence-corrected chi connectivity index (χ4v) is 3.16. The normalized spacial score (nSPS) is 32.5. The van der Waals surface area contributed by atoms with Gasteiger partial charge in [-0.1, -0.05) is 0 Å². The van der Waals surface area contributed by atoms with Crippen molar-refractivity contribution in [2.75, 3.05) is 13.2 Å². The van der Waals surface area contributed by atoms with Crippen molar-refractivity contribution in [1.29, 1.82) is 0 Å². The molecule has 1 aliphatic carbocycles. The zero-order valence-corrected chi connectivity index (χ0v) is 12.4. The van der Waals surface area contributed by atoms with Gasteiger partial charge in [-0.25, -0.2) is 9.59 Å². The monoisotopic (exact) mass is 307 g/mol. The van der Waals surface area contributed by atoms with Crippen LogP contribution >= 0.6 is 12.4 Å². The van der Waals surface area contributed by atoms with Crippen LogP contribution in [-0.2, 0) is 14.3 Å². The smallest absolute Gasteiger partial charge is 0.434 e. The molecule has 4 unspecified atom stereocenters. The van der Waals surface area contributed by atoms with Crippen molar-refractivity contribution in [3.8, 4) is 0 Å². The maximum absolute atomic E-state index is 12.0. The Morgan fingerprint density at radius 3 is 2.75 bits per heavy atom. The van der Waals surface area contributed by atoms with Gasteiger partial charge in [0.25, 0.3) is 0 Å². The first-order valence-corrected chi connectivity index (χ1v) is 6.91. The molecule has 20 heavy (non-hydrogen) atoms. The zero-order chi connectivity index (χ0) is 13.8. The van der Waals surface area contributed by atoms with Crippen molar-refractivity contribution in [3.63, 3.8) is 0 Å². The highest BCUT2D eigenvalue weighted by atomic mass is 35.5. The number of fused-ring (bicyclic) bond motifs is 1. The molecular weight excluding hydrogens is 286 g/mol. The number of hydrogen-bond donors (Lipinski definition) is 2. The molecule has 0 aromatic heterocycles. The molecule has 0 aromatic carbocycles. The van der Waals surface area contributed by atoms with Crippen molar-refractivity contribution < 1.29 is 24.2 Å². The lowest BCUT2D eigenvalue weighted by Crippen LogP contribution is -2.53. The van der Waals surface area contributed by atoms with Crippen LogP contribution < -0.4 is 5.32 Å². The van der Waals surface area contributed by atoms with Crippen LogP contribution in [0.2, 0.25) is 0 Å². The fourth-order valence-electron chi connectivity index (χ4n) is 3.16. The van der Waals surface area contributed by atoms with E-state index in [0.717, 1.165) is 19.3 Å². The third kappa shape index (κ3) is 4.07. The Hall–Kier alpha value is -0.850. The molecule has 2 N–H and O–H groups in total. The maximum Gasteiger partial charge on any atom is 0.516 e. The number of esters is 1. The third-order valence-electron chi connectivity index (χ3n) is 4.02. The molecule has 1 heterocycles. The molecule has 4 atom stereocenters. The fraction of sp³-hybridized carbons (Fsp3) is 0.846. The van der Waals surface area contributed by atoms with E-state index in [9.17, 15) is 14.7 Å². The SMILES string of the molecule is CCOC(=O)OC(=O)C1NCCC2CC(O)CCC21.Cl. The second-order valence-electron chi connectivity index (χ2n) is 5.22. The highest BCUT2D eigenvalue weighted by Gasteiger charge is 2.42. The summed E-state index contributed by atoms with van der Waals surface area (Å²) in [6.07, 6.45) is 1.96. The van der Waals surface area contributed by atoms with Gasteiger partial charge in [-0.05, 0) is 51.0 Å². The van der Waals surface area contributed by atoms with Gasteiger partial charge in [-0.2, -0.15) is 0 Å². The summed E-state index contributed by atoms with van der Waals surface area (Å²) in [5.74, 6) is -0.103. The number of carbonyl (C=O) groups is 2. The van der Waals surface area contributed by atoms with Gasteiger partial charge in [0.2, 0.25) is 0 Å². The van der Waals surface area contributed by atoms with Gasteiger partial charge >= 0.3 is 12.1 Å². The summed E-state index contributed by atoms with van der Waals surface area (Å²) in [6, 6.07) is -0.462. The average molecular weight is 308 g/mol. The van der Waals surface area contributed by atoms with E-state index < -0.39 is 18.2 Å². The van der Waals surface area contributed by atoms with E-state index >= 15 is 0 Å². The van der Waals surface area contributed by atoms with Gasteiger partial charge in [-0.3, -0.25) is 0 Å². The zero-order valence-electron chi connectivity index (χ0n) is 11.5. The van der Waals surface area contributed by atoms with Crippen molar-refractivity contribution >= 4 is 24.5 Å². The van der Waals surface area contributed by atoms with Crippen LogP contribution in [0.3, 0.4) is 0 Å². The quantitative estimate of drug-likeness (QED) is 0.590. The Bertz CT molecular complexity index is 352. The van der Waals surface area contributed by atoms with Gasteiger partial charge < -0.3 is 19.9 Å². The molecule has 2 aliphatic rings. The molecule has 0 radical (unpaired) electrons. The summed E-state index contributed by atoms with van der Waals surface area (Å²) in [4.78, 5) is 23.1. The number of aliphatic hydroxyl groups excluding tert-OH is 1. The van der Waals surface area contributed by atoms with Gasteiger partial charge in [0.15, 0.2) is 0 Å². The van der Waals surface area contributed by atoms with E-state index in [0.29, 0.717) is 18.9 Å². The van der Waals surface area contributed by atoms with Crippen LogP contribution in [0.25, 0.3) is 0 Å². The van der Waals surface area contributed by atoms with Crippen LogP contribution in [0.4, 0.5) is 4.79 Å². The van der Waals surface area contributed by atoms with E-state index in [-0.39, 0.29) is 31.0 Å². The van der Waals surface area contributed by atoms with E-state index in [4.69, 9.17) is 0 Å². The Morgan fingerprint density at radius 2 is 2.05 bits per heavy atom. The standard InChI is InChI=1S/C13H21NO5.ClH/c1-2-18-13(17)19-12(16)11-10-4-3-9(15)7-8(10)5-6-14-11;/h8-11,14-15H,2-7H2,1H3;1H. The van der Waals surface area contributed by atoms with Crippen LogP contribution in [0.1, 0.15) is 32.6 Å². The molecule has 2 rings (SSSR count). The molecular formula is C13H22ClNO5. The summed E-state index contributed by atoms with van der Waals surface area (Å²) in [5, 5.41) is 12.8. The highest BCUT2D eigenvalue weighted by Crippen LogP contribution is 2.37. The first-order chi connectivity index (χ1) is 9.11. The summed E-state index contributed by atoms with van der Waals surface area (Å²) in [7, 11) is 0. The topological polar surface area (TPSA) is 84.9 Å². The molecule has 0 amide bonds. The summed E-state index contributed by atoms with van der Waals surface area (Å²) >= 11 is 0. The lowest BCUT2D eigenvalue weighted by Gasteiger charge is -2.41. The Kier molecular flexibility index (Phi) is 6.71. The molecule has 116 valence electrons. The minimum Gasteiger partial charge on any atom is -0.434 e. The van der Waals surface area contributed by atoms with Crippen molar-refractivity contribution in [2.45, 2.75) is 44.8 Å². The Balaban J connectivity index is 0.00000200. The maximum atomic E-state index is 12.0. The average Bonchev–Trinajstić information content (AvgIpc) is 2.37. The largest absolute Gasteiger partial charge is 0.516 e. The number of aliphatic hydroxyl groups is 1. The van der Waals surface area contributed by atoms with E-state index in [1.807, 2.05) is 0 Å². The number of halogens is 1. The summed E-state index contributed by atoms with van der Waals surface area (Å²) < 4.78 is 9.29. The molecule has 2 fully saturated rings. The summed E-state index contributed by atoms with van der Waals surface area (Å²) in [5.41, 5.74) is 0. The number of piperidine rings is 1. The first kappa shape index (κ1) is 17.2. The second-order valence-corrected chi connectivity index (χ2v) is 5.22. The predicted octanol–water partition coefficient (Wildman–Crippen LogP) is 1.25. The minimum atomic E-state index is -0.938. The number of rotatable bonds is 2. The molecule has 1 saturated carbocycles. The Labute approximate surface area is 124 Å². The van der Waals surface area contributed by atoms with E-state index in [1.165, 1.54) is 0 Å². The number of hydrogen-bond acceptors (Lipinski definition) is 6. The van der Waals surface area contributed by atoms with Crippen molar-refractivity contribution in [2.24, 2.45) is 11.8 Å². The minimum absolute atomic E-state index is 0. The van der Waals surface area contributed by atoms with Gasteiger partial charge in [0, 0.05) is 0 Å². The number of nitrogens with one attached hydrogen (secondary N) is 1. The molecule has 1 aliphatic heterocycles. The first-order valence-electron chi connectivity index (χ1n) is 6.91. The van der Waals surface area contributed by atoms with Crippen LogP contribution in [0.15, 0.2) is 0 Å². The number of ether oxygens (including phenoxy) is 2. The second kappa shape index (κ2) is 7.81. The van der Waals surface area contributed by atoms with Crippen molar-refractivity contribution in [3.05, 3.63) is 0 Å². The lowest BCUT2D eigenvalue weighted by molar-refractivity contribution is -0.146. The van der Waals surface area contributed by atoms with Crippen LogP contribution in [0, 0.1) is 11.8 Å². The Morgan fingerprint density at radius 1 is 1.30 bits per heavy atom. The summed E-state index contributed by atoms with van der Waals surface area (Å²) in [6.45, 7) is 2.54. The third-order valence-corrected chi connectivity index (χ3v) is 4.02. The molecule has 0 spiro atoms. The lowest BCUT2D eigenvalue weighted by atomic mass is 9.71. The molecule has 0 aromatic rings. The van der Waals surface area contributed by atoms with E-state index in [2.05, 4.69) is 14.8 Å². The van der Waals surface area contributed by atoms with E-state index in [1.54, 1.807) is 6.92 Å². The number of carbonyl (C=O) groups excluding carboxylic acids is 2. The molecule has 0 bridgehead atoms. The molecule has 7 heteroatoms. The molecule has 6 nitrogen and oxygen atoms in total. The van der Waals surface area contributed by atoms with Gasteiger partial charge in [0.05, 0.1) is 12.7 Å². The van der Waals surface area contributed by atoms with Crippen LogP contribution in [0.5, 0.6) is 0 Å². The van der Waals surface area contributed by atoms with Gasteiger partial charge in [0.1, 0.15) is 6.04 Å². The van der Waals surface area contributed by atoms with Gasteiger partial charge in [-0.15, -0.1) is 12.4 Å². The van der Waals surface area contributed by atoms with Crippen LogP contribution in [-0.4, -0.2) is 42.5 Å². The predicted molar refractivity (Wildman–Crippen MR) is 73.6 cm³/mol.